The molecule has 1 aromatic heterocycles. The summed E-state index contributed by atoms with van der Waals surface area (Å²) in [5.74, 6) is 1.43. The van der Waals surface area contributed by atoms with Crippen molar-refractivity contribution in [3.05, 3.63) is 41.6 Å². The molecule has 0 aliphatic rings. The molecule has 2 aromatic rings. The number of nitrogens with one attached hydrogen (secondary N) is 2. The highest BCUT2D eigenvalue weighted by Crippen LogP contribution is 2.19. The smallest absolute Gasteiger partial charge is 0.224 e. The van der Waals surface area contributed by atoms with Crippen LogP contribution in [0.3, 0.4) is 0 Å². The highest BCUT2D eigenvalue weighted by Gasteiger charge is 2.02. The first-order valence-electron chi connectivity index (χ1n) is 5.55. The number of benzene rings is 1. The van der Waals surface area contributed by atoms with Gasteiger partial charge in [-0.3, -0.25) is 0 Å². The van der Waals surface area contributed by atoms with Gasteiger partial charge in [-0.05, 0) is 25.5 Å². The minimum absolute atomic E-state index is 0.626. The first kappa shape index (κ1) is 11.4. The van der Waals surface area contributed by atoms with Crippen molar-refractivity contribution in [3.8, 4) is 0 Å². The van der Waals surface area contributed by atoms with Gasteiger partial charge in [0, 0.05) is 24.5 Å². The number of nitrogens with zero attached hydrogens (tertiary/aromatic N) is 2. The molecule has 0 radical (unpaired) electrons. The van der Waals surface area contributed by atoms with Crippen LogP contribution >= 0.6 is 0 Å². The molecule has 1 heterocycles. The van der Waals surface area contributed by atoms with Gasteiger partial charge in [0.15, 0.2) is 0 Å². The molecule has 0 aliphatic carbocycles. The first-order valence-corrected chi connectivity index (χ1v) is 5.55. The van der Waals surface area contributed by atoms with Crippen molar-refractivity contribution in [1.29, 1.82) is 0 Å². The molecule has 0 saturated heterocycles. The second-order valence-corrected chi connectivity index (χ2v) is 3.91. The van der Waals surface area contributed by atoms with E-state index < -0.39 is 0 Å². The molecule has 2 rings (SSSR count). The van der Waals surface area contributed by atoms with Crippen LogP contribution < -0.4 is 10.6 Å². The molecule has 4 nitrogen and oxygen atoms in total. The third-order valence-electron chi connectivity index (χ3n) is 2.49. The summed E-state index contributed by atoms with van der Waals surface area (Å²) >= 11 is 0. The second-order valence-electron chi connectivity index (χ2n) is 3.91. The number of hydrogen-bond acceptors (Lipinski definition) is 4. The summed E-state index contributed by atoms with van der Waals surface area (Å²) in [6, 6.07) is 10.0. The molecule has 88 valence electrons. The van der Waals surface area contributed by atoms with Gasteiger partial charge in [0.2, 0.25) is 5.95 Å². The molecule has 0 unspecified atom stereocenters. The van der Waals surface area contributed by atoms with E-state index in [1.54, 1.807) is 0 Å². The van der Waals surface area contributed by atoms with Gasteiger partial charge in [-0.25, -0.2) is 4.98 Å². The summed E-state index contributed by atoms with van der Waals surface area (Å²) in [5.41, 5.74) is 3.18. The Morgan fingerprint density at radius 3 is 2.53 bits per heavy atom. The van der Waals surface area contributed by atoms with E-state index >= 15 is 0 Å². The molecule has 4 heteroatoms. The van der Waals surface area contributed by atoms with Crippen LogP contribution in [0.1, 0.15) is 11.3 Å². The van der Waals surface area contributed by atoms with Gasteiger partial charge in [0.05, 0.1) is 0 Å². The van der Waals surface area contributed by atoms with Crippen LogP contribution in [-0.2, 0) is 0 Å². The average molecular weight is 228 g/mol. The predicted octanol–water partition coefficient (Wildman–Crippen LogP) is 2.88. The van der Waals surface area contributed by atoms with E-state index in [1.807, 2.05) is 38.2 Å². The fourth-order valence-electron chi connectivity index (χ4n) is 1.60. The van der Waals surface area contributed by atoms with Crippen molar-refractivity contribution in [1.82, 2.24) is 9.97 Å². The molecule has 0 amide bonds. The van der Waals surface area contributed by atoms with Crippen LogP contribution in [-0.4, -0.2) is 17.0 Å². The molecule has 0 fully saturated rings. The Morgan fingerprint density at radius 1 is 1.06 bits per heavy atom. The zero-order valence-corrected chi connectivity index (χ0v) is 10.3. The number of aromatic nitrogens is 2. The number of aryl methyl sites for hydroxylation is 2. The molecule has 0 bridgehead atoms. The maximum atomic E-state index is 4.36. The van der Waals surface area contributed by atoms with Crippen molar-refractivity contribution in [2.75, 3.05) is 17.7 Å². The first-order chi connectivity index (χ1) is 8.19. The topological polar surface area (TPSA) is 49.8 Å². The summed E-state index contributed by atoms with van der Waals surface area (Å²) in [7, 11) is 1.81. The van der Waals surface area contributed by atoms with E-state index in [0.29, 0.717) is 5.95 Å². The number of para-hydroxylation sites is 1. The number of anilines is 3. The second kappa shape index (κ2) is 4.82. The summed E-state index contributed by atoms with van der Waals surface area (Å²) in [4.78, 5) is 8.61. The van der Waals surface area contributed by atoms with Gasteiger partial charge in [0.25, 0.3) is 0 Å². The van der Waals surface area contributed by atoms with Gasteiger partial charge in [-0.1, -0.05) is 18.2 Å². The van der Waals surface area contributed by atoms with Crippen LogP contribution in [0.15, 0.2) is 30.3 Å². The van der Waals surface area contributed by atoms with Crippen molar-refractivity contribution in [2.45, 2.75) is 13.8 Å². The van der Waals surface area contributed by atoms with E-state index in [9.17, 15) is 0 Å². The quantitative estimate of drug-likeness (QED) is 0.848. The lowest BCUT2D eigenvalue weighted by molar-refractivity contribution is 1.10. The molecule has 17 heavy (non-hydrogen) atoms. The van der Waals surface area contributed by atoms with E-state index in [2.05, 4.69) is 33.6 Å². The lowest BCUT2D eigenvalue weighted by atomic mass is 10.2. The zero-order valence-electron chi connectivity index (χ0n) is 10.3. The van der Waals surface area contributed by atoms with Gasteiger partial charge in [-0.15, -0.1) is 0 Å². The minimum atomic E-state index is 0.626. The van der Waals surface area contributed by atoms with Crippen molar-refractivity contribution in [2.24, 2.45) is 0 Å². The molecule has 0 spiro atoms. The Morgan fingerprint density at radius 2 is 1.82 bits per heavy atom. The van der Waals surface area contributed by atoms with Crippen LogP contribution in [0.25, 0.3) is 0 Å². The lowest BCUT2D eigenvalue weighted by Crippen LogP contribution is -2.02. The van der Waals surface area contributed by atoms with Crippen LogP contribution in [0, 0.1) is 13.8 Å². The maximum Gasteiger partial charge on any atom is 0.224 e. The van der Waals surface area contributed by atoms with Gasteiger partial charge < -0.3 is 10.6 Å². The zero-order chi connectivity index (χ0) is 12.3. The maximum absolute atomic E-state index is 4.36. The van der Waals surface area contributed by atoms with E-state index in [1.165, 1.54) is 5.56 Å². The highest BCUT2D eigenvalue weighted by molar-refractivity contribution is 5.61. The molecular weight excluding hydrogens is 212 g/mol. The largest absolute Gasteiger partial charge is 0.357 e. The van der Waals surface area contributed by atoms with E-state index in [-0.39, 0.29) is 0 Å². The molecule has 0 aliphatic heterocycles. The summed E-state index contributed by atoms with van der Waals surface area (Å²) in [5, 5.41) is 6.24. The third kappa shape index (κ3) is 2.72. The monoisotopic (exact) mass is 228 g/mol. The fraction of sp³-hybridized carbons (Fsp3) is 0.231. The molecule has 0 atom stereocenters. The molecule has 0 saturated carbocycles. The highest BCUT2D eigenvalue weighted by atomic mass is 15.1. The van der Waals surface area contributed by atoms with E-state index in [0.717, 1.165) is 17.2 Å². The summed E-state index contributed by atoms with van der Waals surface area (Å²) < 4.78 is 0. The standard InChI is InChI=1S/C13H16N4/c1-9-6-4-5-7-11(9)16-12-8-10(2)15-13(14-3)17-12/h4-8H,1-3H3,(H2,14,15,16,17). The van der Waals surface area contributed by atoms with Crippen molar-refractivity contribution < 1.29 is 0 Å². The Hall–Kier alpha value is -2.10. The Balaban J connectivity index is 2.30. The number of hydrogen-bond donors (Lipinski definition) is 2. The fourth-order valence-corrected chi connectivity index (χ4v) is 1.60. The normalized spacial score (nSPS) is 10.1. The van der Waals surface area contributed by atoms with Crippen molar-refractivity contribution >= 4 is 17.5 Å². The van der Waals surface area contributed by atoms with Crippen LogP contribution in [0.4, 0.5) is 17.5 Å². The Kier molecular flexibility index (Phi) is 3.23. The van der Waals surface area contributed by atoms with Gasteiger partial charge in [-0.2, -0.15) is 4.98 Å². The SMILES string of the molecule is CNc1nc(C)cc(Nc2ccccc2C)n1. The van der Waals surface area contributed by atoms with Crippen LogP contribution in [0.5, 0.6) is 0 Å². The molecule has 2 N–H and O–H groups in total. The van der Waals surface area contributed by atoms with E-state index in [4.69, 9.17) is 0 Å². The minimum Gasteiger partial charge on any atom is -0.357 e. The number of rotatable bonds is 3. The Bertz CT molecular complexity index is 523. The third-order valence-corrected chi connectivity index (χ3v) is 2.49. The molecule has 1 aromatic carbocycles. The summed E-state index contributed by atoms with van der Waals surface area (Å²) in [6.07, 6.45) is 0. The average Bonchev–Trinajstić information content (AvgIpc) is 2.31. The van der Waals surface area contributed by atoms with Gasteiger partial charge >= 0.3 is 0 Å². The lowest BCUT2D eigenvalue weighted by Gasteiger charge is -2.10. The summed E-state index contributed by atoms with van der Waals surface area (Å²) in [6.45, 7) is 4.01. The van der Waals surface area contributed by atoms with Crippen molar-refractivity contribution in [3.63, 3.8) is 0 Å². The Labute approximate surface area is 101 Å². The van der Waals surface area contributed by atoms with Gasteiger partial charge in [0.1, 0.15) is 5.82 Å². The predicted molar refractivity (Wildman–Crippen MR) is 70.8 cm³/mol. The van der Waals surface area contributed by atoms with Crippen LogP contribution in [0.2, 0.25) is 0 Å². The molecular formula is C13H16N4.